The smallest absolute Gasteiger partial charge is 0.363 e. The van der Waals surface area contributed by atoms with Crippen molar-refractivity contribution in [1.82, 2.24) is 0 Å². The maximum absolute atomic E-state index is 13.2. The van der Waals surface area contributed by atoms with Crippen molar-refractivity contribution >= 4 is 23.9 Å². The van der Waals surface area contributed by atoms with Crippen LogP contribution in [0, 0.1) is 12.7 Å². The van der Waals surface area contributed by atoms with Crippen molar-refractivity contribution in [3.63, 3.8) is 0 Å². The molecule has 0 fully saturated rings. The molecule has 1 aromatic heterocycles. The van der Waals surface area contributed by atoms with Crippen molar-refractivity contribution in [2.45, 2.75) is 6.92 Å². The van der Waals surface area contributed by atoms with E-state index in [1.807, 2.05) is 0 Å². The Morgan fingerprint density at radius 3 is 2.83 bits per heavy atom. The van der Waals surface area contributed by atoms with Gasteiger partial charge in [0.15, 0.2) is 5.70 Å². The second-order valence-electron chi connectivity index (χ2n) is 4.96. The first kappa shape index (κ1) is 15.7. The number of aryl methyl sites for hydroxylation is 1. The molecular weight excluding hydrogens is 317 g/mol. The van der Waals surface area contributed by atoms with Crippen LogP contribution in [-0.4, -0.2) is 24.9 Å². The number of aliphatic imine (C=N–C) groups is 1. The van der Waals surface area contributed by atoms with Gasteiger partial charge in [0.1, 0.15) is 22.9 Å². The number of benzene rings is 1. The van der Waals surface area contributed by atoms with Crippen LogP contribution in [0.3, 0.4) is 0 Å². The third-order valence-electron chi connectivity index (χ3n) is 3.31. The largest absolute Gasteiger partial charge is 0.465 e. The molecule has 6 nitrogen and oxygen atoms in total. The van der Waals surface area contributed by atoms with E-state index in [9.17, 15) is 14.0 Å². The molecule has 0 radical (unpaired) electrons. The standard InChI is InChI=1S/C17H12FNO5/c1-9-13(16(20)22-2)7-12(23-9)8-14-17(21)24-15(19-14)10-4-3-5-11(18)6-10/h3-8H,1-2H3. The van der Waals surface area contributed by atoms with Gasteiger partial charge in [0.25, 0.3) is 0 Å². The Labute approximate surface area is 136 Å². The van der Waals surface area contributed by atoms with Gasteiger partial charge in [-0.2, -0.15) is 0 Å². The zero-order chi connectivity index (χ0) is 17.3. The van der Waals surface area contributed by atoms with E-state index in [1.54, 1.807) is 13.0 Å². The molecule has 0 bridgehead atoms. The molecule has 1 aliphatic heterocycles. The van der Waals surface area contributed by atoms with Crippen molar-refractivity contribution in [3.8, 4) is 0 Å². The number of carbonyl (C=O) groups excluding carboxylic acids is 2. The Morgan fingerprint density at radius 1 is 1.33 bits per heavy atom. The number of furan rings is 1. The fraction of sp³-hybridized carbons (Fsp3) is 0.118. The van der Waals surface area contributed by atoms with Crippen LogP contribution < -0.4 is 0 Å². The topological polar surface area (TPSA) is 78.1 Å². The molecule has 2 heterocycles. The van der Waals surface area contributed by atoms with Crippen molar-refractivity contribution in [2.75, 3.05) is 7.11 Å². The van der Waals surface area contributed by atoms with Crippen molar-refractivity contribution in [1.29, 1.82) is 0 Å². The molecule has 0 atom stereocenters. The summed E-state index contributed by atoms with van der Waals surface area (Å²) in [5.74, 6) is -1.09. The molecule has 1 aromatic carbocycles. The number of rotatable bonds is 3. The molecule has 0 amide bonds. The molecule has 24 heavy (non-hydrogen) atoms. The first-order valence-corrected chi connectivity index (χ1v) is 6.95. The molecule has 0 aliphatic carbocycles. The summed E-state index contributed by atoms with van der Waals surface area (Å²) in [4.78, 5) is 27.5. The number of methoxy groups -OCH3 is 1. The van der Waals surface area contributed by atoms with Crippen LogP contribution >= 0.6 is 0 Å². The van der Waals surface area contributed by atoms with Crippen LogP contribution in [-0.2, 0) is 14.3 Å². The molecule has 0 saturated carbocycles. The number of hydrogen-bond donors (Lipinski definition) is 0. The van der Waals surface area contributed by atoms with E-state index in [0.717, 1.165) is 0 Å². The number of cyclic esters (lactones) is 1. The summed E-state index contributed by atoms with van der Waals surface area (Å²) in [5, 5.41) is 0. The van der Waals surface area contributed by atoms with E-state index in [1.165, 1.54) is 37.5 Å². The fourth-order valence-corrected chi connectivity index (χ4v) is 2.18. The molecule has 0 N–H and O–H groups in total. The summed E-state index contributed by atoms with van der Waals surface area (Å²) in [5.41, 5.74) is 0.585. The first-order chi connectivity index (χ1) is 11.5. The second kappa shape index (κ2) is 6.11. The van der Waals surface area contributed by atoms with Gasteiger partial charge in [-0.1, -0.05) is 6.07 Å². The van der Waals surface area contributed by atoms with Crippen molar-refractivity contribution in [3.05, 3.63) is 64.5 Å². The number of carbonyl (C=O) groups is 2. The average molecular weight is 329 g/mol. The zero-order valence-electron chi connectivity index (χ0n) is 12.8. The van der Waals surface area contributed by atoms with Crippen LogP contribution in [0.4, 0.5) is 4.39 Å². The van der Waals surface area contributed by atoms with Gasteiger partial charge in [0, 0.05) is 11.6 Å². The van der Waals surface area contributed by atoms with Gasteiger partial charge in [0.05, 0.1) is 7.11 Å². The lowest BCUT2D eigenvalue weighted by atomic mass is 10.2. The molecule has 0 spiro atoms. The summed E-state index contributed by atoms with van der Waals surface area (Å²) in [7, 11) is 1.26. The van der Waals surface area contributed by atoms with Gasteiger partial charge in [-0.25, -0.2) is 19.0 Å². The predicted octanol–water partition coefficient (Wildman–Crippen LogP) is 2.86. The van der Waals surface area contributed by atoms with E-state index in [4.69, 9.17) is 9.15 Å². The van der Waals surface area contributed by atoms with E-state index in [2.05, 4.69) is 9.73 Å². The van der Waals surface area contributed by atoms with Gasteiger partial charge in [-0.05, 0) is 31.2 Å². The van der Waals surface area contributed by atoms with Gasteiger partial charge in [-0.15, -0.1) is 0 Å². The maximum Gasteiger partial charge on any atom is 0.363 e. The average Bonchev–Trinajstić information content (AvgIpc) is 3.10. The summed E-state index contributed by atoms with van der Waals surface area (Å²) < 4.78 is 28.3. The van der Waals surface area contributed by atoms with E-state index >= 15 is 0 Å². The minimum Gasteiger partial charge on any atom is -0.465 e. The Morgan fingerprint density at radius 2 is 2.12 bits per heavy atom. The second-order valence-corrected chi connectivity index (χ2v) is 4.96. The molecule has 0 saturated heterocycles. The third-order valence-corrected chi connectivity index (χ3v) is 3.31. The third kappa shape index (κ3) is 2.96. The summed E-state index contributed by atoms with van der Waals surface area (Å²) in [6.07, 6.45) is 1.34. The van der Waals surface area contributed by atoms with Crippen LogP contribution in [0.15, 0.2) is 45.4 Å². The molecule has 2 aromatic rings. The van der Waals surface area contributed by atoms with E-state index in [-0.39, 0.29) is 22.9 Å². The number of nitrogens with zero attached hydrogens (tertiary/aromatic N) is 1. The first-order valence-electron chi connectivity index (χ1n) is 6.95. The quantitative estimate of drug-likeness (QED) is 0.639. The van der Waals surface area contributed by atoms with Gasteiger partial charge < -0.3 is 13.9 Å². The summed E-state index contributed by atoms with van der Waals surface area (Å²) in [6.45, 7) is 1.60. The highest BCUT2D eigenvalue weighted by atomic mass is 19.1. The molecular formula is C17H12FNO5. The number of halogens is 1. The molecule has 1 aliphatic rings. The molecule has 0 unspecified atom stereocenters. The van der Waals surface area contributed by atoms with Crippen LogP contribution in [0.25, 0.3) is 6.08 Å². The van der Waals surface area contributed by atoms with E-state index < -0.39 is 17.8 Å². The van der Waals surface area contributed by atoms with Gasteiger partial charge in [-0.3, -0.25) is 0 Å². The Kier molecular flexibility index (Phi) is 3.99. The SMILES string of the molecule is COC(=O)c1cc(C=C2N=C(c3cccc(F)c3)OC2=O)oc1C. The lowest BCUT2D eigenvalue weighted by Crippen LogP contribution is -2.05. The minimum absolute atomic E-state index is 0.00206. The van der Waals surface area contributed by atoms with Crippen molar-refractivity contribution < 1.29 is 27.9 Å². The van der Waals surface area contributed by atoms with Crippen LogP contribution in [0.1, 0.15) is 27.4 Å². The molecule has 7 heteroatoms. The summed E-state index contributed by atoms with van der Waals surface area (Å²) in [6, 6.07) is 6.99. The van der Waals surface area contributed by atoms with Crippen molar-refractivity contribution in [2.24, 2.45) is 4.99 Å². The number of ether oxygens (including phenoxy) is 2. The Bertz CT molecular complexity index is 894. The summed E-state index contributed by atoms with van der Waals surface area (Å²) >= 11 is 0. The Hall–Kier alpha value is -3.22. The normalized spacial score (nSPS) is 15.4. The highest BCUT2D eigenvalue weighted by Gasteiger charge is 2.25. The number of esters is 2. The van der Waals surface area contributed by atoms with Crippen LogP contribution in [0.2, 0.25) is 0 Å². The maximum atomic E-state index is 13.2. The molecule has 122 valence electrons. The molecule has 3 rings (SSSR count). The fourth-order valence-electron chi connectivity index (χ4n) is 2.18. The predicted molar refractivity (Wildman–Crippen MR) is 81.8 cm³/mol. The number of hydrogen-bond acceptors (Lipinski definition) is 6. The van der Waals surface area contributed by atoms with Gasteiger partial charge >= 0.3 is 11.9 Å². The van der Waals surface area contributed by atoms with E-state index in [0.29, 0.717) is 11.3 Å². The zero-order valence-corrected chi connectivity index (χ0v) is 12.8. The highest BCUT2D eigenvalue weighted by molar-refractivity contribution is 6.12. The Balaban J connectivity index is 1.93. The monoisotopic (exact) mass is 329 g/mol. The van der Waals surface area contributed by atoms with Gasteiger partial charge in [0.2, 0.25) is 5.90 Å². The van der Waals surface area contributed by atoms with Crippen LogP contribution in [0.5, 0.6) is 0 Å². The lowest BCUT2D eigenvalue weighted by molar-refractivity contribution is -0.129. The lowest BCUT2D eigenvalue weighted by Gasteiger charge is -1.98. The minimum atomic E-state index is -0.692. The highest BCUT2D eigenvalue weighted by Crippen LogP contribution is 2.22.